The molecule has 98 valence electrons. The lowest BCUT2D eigenvalue weighted by molar-refractivity contribution is 0.158. The van der Waals surface area contributed by atoms with Gasteiger partial charge in [-0.2, -0.15) is 0 Å². The Morgan fingerprint density at radius 1 is 1.06 bits per heavy atom. The van der Waals surface area contributed by atoms with Gasteiger partial charge in [0.15, 0.2) is 0 Å². The highest BCUT2D eigenvalue weighted by atomic mass is 35.5. The number of halogens is 1. The van der Waals surface area contributed by atoms with Crippen LogP contribution in [-0.2, 0) is 19.4 Å². The fraction of sp³-hybridized carbons (Fsp3) is 0.538. The highest BCUT2D eigenvalue weighted by molar-refractivity contribution is 6.33. The van der Waals surface area contributed by atoms with E-state index in [9.17, 15) is 0 Å². The van der Waals surface area contributed by atoms with Crippen LogP contribution in [0, 0.1) is 0 Å². The Morgan fingerprint density at radius 2 is 1.72 bits per heavy atom. The number of ether oxygens (including phenoxy) is 2. The van der Waals surface area contributed by atoms with Crippen molar-refractivity contribution in [3.05, 3.63) is 21.7 Å². The minimum absolute atomic E-state index is 0.366. The summed E-state index contributed by atoms with van der Waals surface area (Å²) in [6.45, 7) is 1.78. The molecule has 2 N–H and O–H groups in total. The van der Waals surface area contributed by atoms with Gasteiger partial charge in [-0.25, -0.2) is 5.48 Å². The van der Waals surface area contributed by atoms with Gasteiger partial charge < -0.3 is 14.7 Å². The van der Waals surface area contributed by atoms with Crippen LogP contribution in [0.1, 0.15) is 29.5 Å². The first kappa shape index (κ1) is 12.1. The van der Waals surface area contributed by atoms with Gasteiger partial charge in [0.1, 0.15) is 11.5 Å². The molecule has 0 unspecified atom stereocenters. The molecule has 1 aromatic rings. The minimum atomic E-state index is 0.366. The lowest BCUT2D eigenvalue weighted by Gasteiger charge is -2.28. The molecular weight excluding hydrogens is 254 g/mol. The summed E-state index contributed by atoms with van der Waals surface area (Å²) in [5.74, 6) is 1.63. The third kappa shape index (κ3) is 1.85. The van der Waals surface area contributed by atoms with Gasteiger partial charge in [0.2, 0.25) is 0 Å². The second-order valence-corrected chi connectivity index (χ2v) is 5.02. The molecule has 18 heavy (non-hydrogen) atoms. The lowest BCUT2D eigenvalue weighted by Crippen LogP contribution is -2.20. The van der Waals surface area contributed by atoms with Crippen molar-refractivity contribution in [1.82, 2.24) is 5.48 Å². The summed E-state index contributed by atoms with van der Waals surface area (Å²) >= 11 is 6.43. The van der Waals surface area contributed by atoms with Crippen LogP contribution >= 0.6 is 11.6 Å². The fourth-order valence-corrected chi connectivity index (χ4v) is 3.10. The maximum Gasteiger partial charge on any atom is 0.141 e. The summed E-state index contributed by atoms with van der Waals surface area (Å²) in [5, 5.41) is 9.71. The molecule has 0 aliphatic carbocycles. The largest absolute Gasteiger partial charge is 0.493 e. The average Bonchev–Trinajstić information content (AvgIpc) is 2.43. The van der Waals surface area contributed by atoms with Crippen molar-refractivity contribution in [3.63, 3.8) is 0 Å². The van der Waals surface area contributed by atoms with Crippen LogP contribution in [0.15, 0.2) is 0 Å². The van der Waals surface area contributed by atoms with E-state index in [-0.39, 0.29) is 0 Å². The fourth-order valence-electron chi connectivity index (χ4n) is 2.75. The van der Waals surface area contributed by atoms with E-state index in [0.29, 0.717) is 24.8 Å². The highest BCUT2D eigenvalue weighted by Gasteiger charge is 2.28. The maximum atomic E-state index is 9.01. The quantitative estimate of drug-likeness (QED) is 0.810. The SMILES string of the molecule is ONCc1c2c(c(Cl)c3c1OCCC3)OCCC2. The average molecular weight is 270 g/mol. The van der Waals surface area contributed by atoms with E-state index in [1.54, 1.807) is 0 Å². The van der Waals surface area contributed by atoms with Crippen molar-refractivity contribution >= 4 is 11.6 Å². The summed E-state index contributed by atoms with van der Waals surface area (Å²) < 4.78 is 11.5. The predicted molar refractivity (Wildman–Crippen MR) is 67.7 cm³/mol. The van der Waals surface area contributed by atoms with E-state index >= 15 is 0 Å². The second kappa shape index (κ2) is 4.96. The van der Waals surface area contributed by atoms with Crippen LogP contribution in [0.3, 0.4) is 0 Å². The number of rotatable bonds is 2. The number of hydroxylamine groups is 1. The van der Waals surface area contributed by atoms with Crippen LogP contribution in [0.25, 0.3) is 0 Å². The van der Waals surface area contributed by atoms with Crippen molar-refractivity contribution < 1.29 is 14.7 Å². The van der Waals surface area contributed by atoms with E-state index in [0.717, 1.165) is 53.9 Å². The van der Waals surface area contributed by atoms with Crippen LogP contribution in [-0.4, -0.2) is 18.4 Å². The van der Waals surface area contributed by atoms with Gasteiger partial charge in [0.25, 0.3) is 0 Å². The monoisotopic (exact) mass is 269 g/mol. The molecule has 0 radical (unpaired) electrons. The topological polar surface area (TPSA) is 50.7 Å². The first-order valence-electron chi connectivity index (χ1n) is 6.31. The lowest BCUT2D eigenvalue weighted by atomic mass is 9.93. The smallest absolute Gasteiger partial charge is 0.141 e. The Morgan fingerprint density at radius 3 is 2.44 bits per heavy atom. The molecule has 2 aliphatic heterocycles. The Hall–Kier alpha value is -0.970. The van der Waals surface area contributed by atoms with Crippen molar-refractivity contribution in [1.29, 1.82) is 0 Å². The van der Waals surface area contributed by atoms with Gasteiger partial charge in [-0.05, 0) is 25.7 Å². The van der Waals surface area contributed by atoms with Crippen molar-refractivity contribution in [2.75, 3.05) is 13.2 Å². The van der Waals surface area contributed by atoms with Crippen molar-refractivity contribution in [2.24, 2.45) is 0 Å². The molecule has 0 saturated carbocycles. The third-order valence-electron chi connectivity index (χ3n) is 3.54. The molecule has 0 aromatic heterocycles. The number of hydrogen-bond donors (Lipinski definition) is 2. The first-order chi connectivity index (χ1) is 8.83. The number of benzene rings is 1. The van der Waals surface area contributed by atoms with Crippen molar-refractivity contribution in [3.8, 4) is 11.5 Å². The van der Waals surface area contributed by atoms with E-state index in [4.69, 9.17) is 26.3 Å². The summed E-state index contributed by atoms with van der Waals surface area (Å²) in [4.78, 5) is 0. The molecule has 0 atom stereocenters. The zero-order chi connectivity index (χ0) is 12.5. The molecule has 0 amide bonds. The molecule has 0 fully saturated rings. The molecule has 0 bridgehead atoms. The summed E-state index contributed by atoms with van der Waals surface area (Å²) in [5.41, 5.74) is 5.32. The first-order valence-corrected chi connectivity index (χ1v) is 6.69. The number of fused-ring (bicyclic) bond motifs is 2. The van der Waals surface area contributed by atoms with E-state index in [2.05, 4.69) is 5.48 Å². The molecule has 4 nitrogen and oxygen atoms in total. The maximum absolute atomic E-state index is 9.01. The Kier molecular flexibility index (Phi) is 3.33. The minimum Gasteiger partial charge on any atom is -0.493 e. The predicted octanol–water partition coefficient (Wildman–Crippen LogP) is 2.47. The summed E-state index contributed by atoms with van der Waals surface area (Å²) in [6, 6.07) is 0. The van der Waals surface area contributed by atoms with Gasteiger partial charge in [-0.3, -0.25) is 0 Å². The molecule has 1 aromatic carbocycles. The van der Waals surface area contributed by atoms with Gasteiger partial charge in [-0.15, -0.1) is 0 Å². The second-order valence-electron chi connectivity index (χ2n) is 4.65. The molecular formula is C13H16ClNO3. The van der Waals surface area contributed by atoms with Crippen LogP contribution < -0.4 is 15.0 Å². The van der Waals surface area contributed by atoms with E-state index in [1.165, 1.54) is 0 Å². The normalized spacial score (nSPS) is 17.4. The standard InChI is InChI=1S/C13H16ClNO3/c14-11-9-4-2-5-17-12(9)10(7-15-16)8-3-1-6-18-13(8)11/h15-16H,1-7H2. The van der Waals surface area contributed by atoms with Crippen molar-refractivity contribution in [2.45, 2.75) is 32.2 Å². The van der Waals surface area contributed by atoms with Crippen LogP contribution in [0.2, 0.25) is 5.02 Å². The Bertz CT molecular complexity index is 439. The summed E-state index contributed by atoms with van der Waals surface area (Å²) in [6.07, 6.45) is 3.77. The molecule has 0 spiro atoms. The molecule has 2 heterocycles. The number of nitrogens with one attached hydrogen (secondary N) is 1. The highest BCUT2D eigenvalue weighted by Crippen LogP contribution is 2.46. The zero-order valence-electron chi connectivity index (χ0n) is 10.1. The van der Waals surface area contributed by atoms with Crippen LogP contribution in [0.4, 0.5) is 0 Å². The molecule has 0 saturated heterocycles. The van der Waals surface area contributed by atoms with Gasteiger partial charge in [0, 0.05) is 23.2 Å². The molecule has 5 heteroatoms. The van der Waals surface area contributed by atoms with Gasteiger partial charge in [-0.1, -0.05) is 11.6 Å². The summed E-state index contributed by atoms with van der Waals surface area (Å²) in [7, 11) is 0. The van der Waals surface area contributed by atoms with Gasteiger partial charge >= 0.3 is 0 Å². The molecule has 2 aliphatic rings. The Labute approximate surface area is 111 Å². The zero-order valence-corrected chi connectivity index (χ0v) is 10.8. The number of hydrogen-bond acceptors (Lipinski definition) is 4. The van der Waals surface area contributed by atoms with Crippen LogP contribution in [0.5, 0.6) is 11.5 Å². The molecule has 3 rings (SSSR count). The van der Waals surface area contributed by atoms with Gasteiger partial charge in [0.05, 0.1) is 18.2 Å². The Balaban J connectivity index is 2.20. The van der Waals surface area contributed by atoms with E-state index in [1.807, 2.05) is 0 Å². The third-order valence-corrected chi connectivity index (χ3v) is 3.94. The van der Waals surface area contributed by atoms with E-state index < -0.39 is 0 Å².